The highest BCUT2D eigenvalue weighted by atomic mass is 15.4. The Morgan fingerprint density at radius 3 is 1.87 bits per heavy atom. The Labute approximate surface area is 137 Å². The summed E-state index contributed by atoms with van der Waals surface area (Å²) in [6.45, 7) is 3.88. The van der Waals surface area contributed by atoms with Crippen molar-refractivity contribution < 1.29 is 0 Å². The van der Waals surface area contributed by atoms with Crippen molar-refractivity contribution in [2.45, 2.75) is 0 Å². The number of hydrogen-bond acceptors (Lipinski definition) is 2. The van der Waals surface area contributed by atoms with Crippen LogP contribution in [0.25, 0.3) is 28.3 Å². The van der Waals surface area contributed by atoms with Gasteiger partial charge in [0.2, 0.25) is 0 Å². The van der Waals surface area contributed by atoms with Gasteiger partial charge in [0.05, 0.1) is 5.69 Å². The number of benzene rings is 3. The van der Waals surface area contributed by atoms with E-state index in [4.69, 9.17) is 5.84 Å². The van der Waals surface area contributed by atoms with E-state index >= 15 is 0 Å². The maximum Gasteiger partial charge on any atom is 0.0586 e. The minimum absolute atomic E-state index is 0.963. The second-order valence-electron chi connectivity index (χ2n) is 5.53. The van der Waals surface area contributed by atoms with Crippen molar-refractivity contribution in [1.29, 1.82) is 0 Å². The van der Waals surface area contributed by atoms with Crippen LogP contribution in [0.15, 0.2) is 79.4 Å². The van der Waals surface area contributed by atoms with Crippen molar-refractivity contribution in [1.82, 2.24) is 0 Å². The van der Waals surface area contributed by atoms with E-state index < -0.39 is 0 Å². The minimum Gasteiger partial charge on any atom is -0.314 e. The average Bonchev–Trinajstić information content (AvgIpc) is 2.62. The number of nitrogens with zero attached hydrogens (tertiary/aromatic N) is 1. The van der Waals surface area contributed by atoms with E-state index in [0.717, 1.165) is 16.8 Å². The molecule has 0 saturated heterocycles. The quantitative estimate of drug-likeness (QED) is 0.544. The molecule has 3 aromatic rings. The molecule has 2 N–H and O–H groups in total. The molecule has 0 amide bonds. The Hall–Kier alpha value is -2.84. The highest BCUT2D eigenvalue weighted by Crippen LogP contribution is 2.29. The van der Waals surface area contributed by atoms with E-state index in [0.29, 0.717) is 0 Å². The van der Waals surface area contributed by atoms with Gasteiger partial charge in [-0.1, -0.05) is 73.3 Å². The Bertz CT molecular complexity index is 803. The lowest BCUT2D eigenvalue weighted by Gasteiger charge is -2.16. The van der Waals surface area contributed by atoms with Crippen LogP contribution in [0.3, 0.4) is 0 Å². The van der Waals surface area contributed by atoms with Crippen LogP contribution in [0.5, 0.6) is 0 Å². The predicted octanol–water partition coefficient (Wildman–Crippen LogP) is 4.97. The fourth-order valence-corrected chi connectivity index (χ4v) is 2.70. The van der Waals surface area contributed by atoms with Crippen LogP contribution in [0.2, 0.25) is 0 Å². The molecule has 3 rings (SSSR count). The van der Waals surface area contributed by atoms with Crippen LogP contribution in [0, 0.1) is 0 Å². The molecule has 0 bridgehead atoms. The summed E-state index contributed by atoms with van der Waals surface area (Å²) in [4.78, 5) is 0. The third-order valence-corrected chi connectivity index (χ3v) is 3.95. The van der Waals surface area contributed by atoms with Gasteiger partial charge in [0.15, 0.2) is 0 Å². The molecule has 0 unspecified atom stereocenters. The predicted molar refractivity (Wildman–Crippen MR) is 100.0 cm³/mol. The molecule has 0 aromatic heterocycles. The van der Waals surface area contributed by atoms with Crippen molar-refractivity contribution in [3.8, 4) is 22.3 Å². The van der Waals surface area contributed by atoms with Gasteiger partial charge in [-0.25, -0.2) is 5.84 Å². The standard InChI is InChI=1S/C21H20N2/c1-3-16-15-20(13-14-21(16)23(2)22)19-11-9-18(10-12-19)17-7-5-4-6-8-17/h3-15H,1,22H2,2H3. The number of anilines is 1. The van der Waals surface area contributed by atoms with Crippen LogP contribution >= 0.6 is 0 Å². The molecule has 3 aromatic carbocycles. The lowest BCUT2D eigenvalue weighted by Crippen LogP contribution is -2.25. The molecule has 2 nitrogen and oxygen atoms in total. The largest absolute Gasteiger partial charge is 0.314 e. The van der Waals surface area contributed by atoms with Crippen molar-refractivity contribution >= 4 is 11.8 Å². The van der Waals surface area contributed by atoms with Gasteiger partial charge in [-0.3, -0.25) is 0 Å². The highest BCUT2D eigenvalue weighted by Gasteiger charge is 2.06. The summed E-state index contributed by atoms with van der Waals surface area (Å²) in [6, 6.07) is 25.2. The molecule has 0 aliphatic heterocycles. The normalized spacial score (nSPS) is 10.3. The van der Waals surface area contributed by atoms with Crippen molar-refractivity contribution in [3.05, 3.63) is 84.9 Å². The summed E-state index contributed by atoms with van der Waals surface area (Å²) in [5.41, 5.74) is 6.77. The molecule has 0 aliphatic rings. The maximum absolute atomic E-state index is 5.85. The Kier molecular flexibility index (Phi) is 4.26. The summed E-state index contributed by atoms with van der Waals surface area (Å²) in [5.74, 6) is 5.85. The van der Waals surface area contributed by atoms with Crippen molar-refractivity contribution in [3.63, 3.8) is 0 Å². The van der Waals surface area contributed by atoms with Gasteiger partial charge in [-0.15, -0.1) is 0 Å². The molecule has 0 aliphatic carbocycles. The third kappa shape index (κ3) is 3.17. The van der Waals surface area contributed by atoms with E-state index in [2.05, 4.69) is 67.2 Å². The first kappa shape index (κ1) is 15.1. The van der Waals surface area contributed by atoms with Gasteiger partial charge in [0.25, 0.3) is 0 Å². The van der Waals surface area contributed by atoms with Crippen LogP contribution in [0.1, 0.15) is 5.56 Å². The van der Waals surface area contributed by atoms with Gasteiger partial charge < -0.3 is 5.01 Å². The van der Waals surface area contributed by atoms with Crippen LogP contribution in [-0.2, 0) is 0 Å². The fourth-order valence-electron chi connectivity index (χ4n) is 2.70. The molecule has 0 atom stereocenters. The SMILES string of the molecule is C=Cc1cc(-c2ccc(-c3ccccc3)cc2)ccc1N(C)N. The summed E-state index contributed by atoms with van der Waals surface area (Å²) >= 11 is 0. The molecule has 0 spiro atoms. The highest BCUT2D eigenvalue weighted by molar-refractivity contribution is 5.76. The fraction of sp³-hybridized carbons (Fsp3) is 0.0476. The number of hydrogen-bond donors (Lipinski definition) is 1. The molecule has 0 heterocycles. The van der Waals surface area contributed by atoms with E-state index in [1.165, 1.54) is 16.7 Å². The number of hydrazine groups is 1. The first-order chi connectivity index (χ1) is 11.2. The van der Waals surface area contributed by atoms with Crippen molar-refractivity contribution in [2.24, 2.45) is 5.84 Å². The Balaban J connectivity index is 1.95. The monoisotopic (exact) mass is 300 g/mol. The molecule has 0 fully saturated rings. The lowest BCUT2D eigenvalue weighted by atomic mass is 9.98. The summed E-state index contributed by atoms with van der Waals surface area (Å²) in [5, 5.41) is 1.61. The third-order valence-electron chi connectivity index (χ3n) is 3.95. The number of nitrogens with two attached hydrogens (primary N) is 1. The first-order valence-electron chi connectivity index (χ1n) is 7.60. The molecular formula is C21H20N2. The van der Waals surface area contributed by atoms with E-state index in [9.17, 15) is 0 Å². The van der Waals surface area contributed by atoms with Gasteiger partial charge in [0, 0.05) is 7.05 Å². The summed E-state index contributed by atoms with van der Waals surface area (Å²) in [7, 11) is 1.83. The second-order valence-corrected chi connectivity index (χ2v) is 5.53. The maximum atomic E-state index is 5.85. The van der Waals surface area contributed by atoms with Gasteiger partial charge in [-0.2, -0.15) is 0 Å². The summed E-state index contributed by atoms with van der Waals surface area (Å²) in [6.07, 6.45) is 1.83. The van der Waals surface area contributed by atoms with Gasteiger partial charge in [0.1, 0.15) is 0 Å². The summed E-state index contributed by atoms with van der Waals surface area (Å²) < 4.78 is 0. The van der Waals surface area contributed by atoms with Gasteiger partial charge >= 0.3 is 0 Å². The molecule has 23 heavy (non-hydrogen) atoms. The smallest absolute Gasteiger partial charge is 0.0586 e. The van der Waals surface area contributed by atoms with Crippen LogP contribution < -0.4 is 10.9 Å². The van der Waals surface area contributed by atoms with E-state index in [1.54, 1.807) is 5.01 Å². The van der Waals surface area contributed by atoms with Crippen LogP contribution in [0.4, 0.5) is 5.69 Å². The molecule has 2 heteroatoms. The first-order valence-corrected chi connectivity index (χ1v) is 7.60. The van der Waals surface area contributed by atoms with E-state index in [1.807, 2.05) is 25.3 Å². The number of rotatable bonds is 4. The Morgan fingerprint density at radius 2 is 1.30 bits per heavy atom. The lowest BCUT2D eigenvalue weighted by molar-refractivity contribution is 1.02. The van der Waals surface area contributed by atoms with Crippen LogP contribution in [-0.4, -0.2) is 7.05 Å². The zero-order chi connectivity index (χ0) is 16.2. The Morgan fingerprint density at radius 1 is 0.783 bits per heavy atom. The molecule has 114 valence electrons. The van der Waals surface area contributed by atoms with E-state index in [-0.39, 0.29) is 0 Å². The molecular weight excluding hydrogens is 280 g/mol. The zero-order valence-electron chi connectivity index (χ0n) is 13.2. The topological polar surface area (TPSA) is 29.3 Å². The van der Waals surface area contributed by atoms with Crippen molar-refractivity contribution in [2.75, 3.05) is 12.1 Å². The molecule has 0 saturated carbocycles. The second kappa shape index (κ2) is 6.51. The van der Waals surface area contributed by atoms with Gasteiger partial charge in [-0.05, 0) is 39.9 Å². The minimum atomic E-state index is 0.963. The zero-order valence-corrected chi connectivity index (χ0v) is 13.2. The average molecular weight is 300 g/mol. The molecule has 0 radical (unpaired) electrons.